The van der Waals surface area contributed by atoms with E-state index in [9.17, 15) is 18.0 Å². The van der Waals surface area contributed by atoms with Gasteiger partial charge in [0.15, 0.2) is 0 Å². The van der Waals surface area contributed by atoms with Gasteiger partial charge < -0.3 is 10.6 Å². The molecule has 0 saturated heterocycles. The zero-order chi connectivity index (χ0) is 11.3. The number of carbonyl (C=O) groups is 1. The van der Waals surface area contributed by atoms with Crippen LogP contribution in [0, 0.1) is 0 Å². The van der Waals surface area contributed by atoms with Crippen LogP contribution in [-0.4, -0.2) is 18.8 Å². The molecule has 3 nitrogen and oxygen atoms in total. The fraction of sp³-hybridized carbons (Fsp3) is 0.375. The Hall–Kier alpha value is -1.24. The Morgan fingerprint density at radius 1 is 1.40 bits per heavy atom. The van der Waals surface area contributed by atoms with Gasteiger partial charge in [-0.1, -0.05) is 6.07 Å². The highest BCUT2D eigenvalue weighted by Gasteiger charge is 2.27. The van der Waals surface area contributed by atoms with Crippen LogP contribution in [0.2, 0.25) is 0 Å². The van der Waals surface area contributed by atoms with Gasteiger partial charge in [0, 0.05) is 4.88 Å². The Balaban J connectivity index is 2.20. The first-order valence-corrected chi connectivity index (χ1v) is 4.96. The molecular weight excluding hydrogens is 229 g/mol. The van der Waals surface area contributed by atoms with Gasteiger partial charge in [0.05, 0.1) is 6.54 Å². The average Bonchev–Trinajstić information content (AvgIpc) is 2.62. The molecular formula is C8H9F3N2OS. The van der Waals surface area contributed by atoms with Crippen molar-refractivity contribution in [3.05, 3.63) is 22.4 Å². The normalized spacial score (nSPS) is 11.1. The third kappa shape index (κ3) is 5.26. The molecule has 1 heterocycles. The molecule has 1 rings (SSSR count). The number of nitrogens with one attached hydrogen (secondary N) is 2. The van der Waals surface area contributed by atoms with Crippen molar-refractivity contribution in [3.8, 4) is 0 Å². The fourth-order valence-corrected chi connectivity index (χ4v) is 1.47. The lowest BCUT2D eigenvalue weighted by atomic mass is 10.5. The predicted octanol–water partition coefficient (Wildman–Crippen LogP) is 2.11. The summed E-state index contributed by atoms with van der Waals surface area (Å²) in [6, 6.07) is 2.77. The van der Waals surface area contributed by atoms with Gasteiger partial charge in [0.1, 0.15) is 6.54 Å². The second-order valence-electron chi connectivity index (χ2n) is 2.73. The number of urea groups is 1. The summed E-state index contributed by atoms with van der Waals surface area (Å²) in [6.07, 6.45) is -4.37. The summed E-state index contributed by atoms with van der Waals surface area (Å²) >= 11 is 1.42. The number of hydrogen-bond acceptors (Lipinski definition) is 2. The zero-order valence-electron chi connectivity index (χ0n) is 7.60. The van der Waals surface area contributed by atoms with Crippen molar-refractivity contribution in [2.45, 2.75) is 12.7 Å². The molecule has 0 aliphatic rings. The van der Waals surface area contributed by atoms with Crippen LogP contribution in [0.3, 0.4) is 0 Å². The maximum absolute atomic E-state index is 11.7. The van der Waals surface area contributed by atoms with Crippen LogP contribution in [0.25, 0.3) is 0 Å². The third-order valence-electron chi connectivity index (χ3n) is 1.45. The van der Waals surface area contributed by atoms with Gasteiger partial charge >= 0.3 is 12.2 Å². The number of carbonyl (C=O) groups excluding carboxylic acids is 1. The highest BCUT2D eigenvalue weighted by Crippen LogP contribution is 2.12. The second-order valence-corrected chi connectivity index (χ2v) is 3.76. The number of thiophene rings is 1. The molecule has 0 atom stereocenters. The average molecular weight is 238 g/mol. The van der Waals surface area contributed by atoms with E-state index in [0.29, 0.717) is 0 Å². The van der Waals surface area contributed by atoms with Gasteiger partial charge in [0.2, 0.25) is 0 Å². The molecule has 0 fully saturated rings. The van der Waals surface area contributed by atoms with Crippen molar-refractivity contribution >= 4 is 17.4 Å². The number of halogens is 3. The first-order valence-electron chi connectivity index (χ1n) is 4.08. The van der Waals surface area contributed by atoms with Crippen molar-refractivity contribution in [3.63, 3.8) is 0 Å². The highest BCUT2D eigenvalue weighted by molar-refractivity contribution is 7.09. The highest BCUT2D eigenvalue weighted by atomic mass is 32.1. The smallest absolute Gasteiger partial charge is 0.333 e. The van der Waals surface area contributed by atoms with Crippen LogP contribution in [-0.2, 0) is 6.54 Å². The molecule has 2 N–H and O–H groups in total. The number of amides is 2. The standard InChI is InChI=1S/C8H9F3N2OS/c9-8(10,11)5-13-7(14)12-4-6-2-1-3-15-6/h1-3H,4-5H2,(H2,12,13,14). The van der Waals surface area contributed by atoms with E-state index in [4.69, 9.17) is 0 Å². The Morgan fingerprint density at radius 2 is 2.13 bits per heavy atom. The van der Waals surface area contributed by atoms with E-state index in [0.717, 1.165) is 4.88 Å². The van der Waals surface area contributed by atoms with E-state index >= 15 is 0 Å². The lowest BCUT2D eigenvalue weighted by molar-refractivity contribution is -0.122. The summed E-state index contributed by atoms with van der Waals surface area (Å²) in [5, 5.41) is 5.86. The first kappa shape index (κ1) is 11.8. The first-order chi connectivity index (χ1) is 6.97. The van der Waals surface area contributed by atoms with E-state index in [1.165, 1.54) is 11.3 Å². The maximum atomic E-state index is 11.7. The van der Waals surface area contributed by atoms with Crippen LogP contribution >= 0.6 is 11.3 Å². The lowest BCUT2D eigenvalue weighted by Crippen LogP contribution is -2.40. The van der Waals surface area contributed by atoms with Gasteiger partial charge in [0.25, 0.3) is 0 Å². The maximum Gasteiger partial charge on any atom is 0.405 e. The Bertz CT molecular complexity index is 310. The minimum atomic E-state index is -4.37. The quantitative estimate of drug-likeness (QED) is 0.832. The molecule has 0 aliphatic heterocycles. The Labute approximate surface area is 88.3 Å². The van der Waals surface area contributed by atoms with Gasteiger partial charge in [-0.05, 0) is 11.4 Å². The zero-order valence-corrected chi connectivity index (χ0v) is 8.41. The van der Waals surface area contributed by atoms with Gasteiger partial charge in [-0.3, -0.25) is 0 Å². The topological polar surface area (TPSA) is 41.1 Å². The molecule has 2 amide bonds. The number of rotatable bonds is 3. The number of alkyl halides is 3. The van der Waals surface area contributed by atoms with Crippen molar-refractivity contribution in [1.29, 1.82) is 0 Å². The third-order valence-corrected chi connectivity index (χ3v) is 2.33. The Morgan fingerprint density at radius 3 is 2.67 bits per heavy atom. The summed E-state index contributed by atoms with van der Waals surface area (Å²) in [4.78, 5) is 11.8. The van der Waals surface area contributed by atoms with Crippen LogP contribution in [0.4, 0.5) is 18.0 Å². The van der Waals surface area contributed by atoms with E-state index in [1.54, 1.807) is 17.4 Å². The van der Waals surface area contributed by atoms with Crippen molar-refractivity contribution in [2.24, 2.45) is 0 Å². The summed E-state index contributed by atoms with van der Waals surface area (Å²) < 4.78 is 35.1. The molecule has 0 bridgehead atoms. The molecule has 0 aliphatic carbocycles. The SMILES string of the molecule is O=C(NCc1cccs1)NCC(F)(F)F. The molecule has 0 aromatic carbocycles. The van der Waals surface area contributed by atoms with Crippen LogP contribution in [0.15, 0.2) is 17.5 Å². The molecule has 1 aromatic rings. The summed E-state index contributed by atoms with van der Waals surface area (Å²) in [5.41, 5.74) is 0. The molecule has 0 unspecified atom stereocenters. The molecule has 7 heteroatoms. The summed E-state index contributed by atoms with van der Waals surface area (Å²) in [5.74, 6) is 0. The molecule has 0 spiro atoms. The van der Waals surface area contributed by atoms with Crippen LogP contribution in [0.1, 0.15) is 4.88 Å². The van der Waals surface area contributed by atoms with Crippen molar-refractivity contribution in [2.75, 3.05) is 6.54 Å². The number of hydrogen-bond donors (Lipinski definition) is 2. The molecule has 0 saturated carbocycles. The van der Waals surface area contributed by atoms with Crippen molar-refractivity contribution < 1.29 is 18.0 Å². The predicted molar refractivity (Wildman–Crippen MR) is 50.6 cm³/mol. The van der Waals surface area contributed by atoms with Crippen LogP contribution in [0.5, 0.6) is 0 Å². The van der Waals surface area contributed by atoms with E-state index in [1.807, 2.05) is 5.38 Å². The molecule has 15 heavy (non-hydrogen) atoms. The van der Waals surface area contributed by atoms with E-state index in [-0.39, 0.29) is 6.54 Å². The molecule has 0 radical (unpaired) electrons. The minimum absolute atomic E-state index is 0.237. The van der Waals surface area contributed by atoms with Crippen LogP contribution < -0.4 is 10.6 Å². The minimum Gasteiger partial charge on any atom is -0.333 e. The fourth-order valence-electron chi connectivity index (χ4n) is 0.824. The van der Waals surface area contributed by atoms with E-state index in [2.05, 4.69) is 5.32 Å². The monoisotopic (exact) mass is 238 g/mol. The summed E-state index contributed by atoms with van der Waals surface area (Å²) in [7, 11) is 0. The van der Waals surface area contributed by atoms with Gasteiger partial charge in [-0.15, -0.1) is 11.3 Å². The van der Waals surface area contributed by atoms with Crippen molar-refractivity contribution in [1.82, 2.24) is 10.6 Å². The summed E-state index contributed by atoms with van der Waals surface area (Å²) in [6.45, 7) is -1.08. The van der Waals surface area contributed by atoms with Gasteiger partial charge in [-0.25, -0.2) is 4.79 Å². The lowest BCUT2D eigenvalue weighted by Gasteiger charge is -2.08. The Kier molecular flexibility index (Phi) is 3.96. The van der Waals surface area contributed by atoms with E-state index < -0.39 is 18.8 Å². The molecule has 84 valence electrons. The van der Waals surface area contributed by atoms with Gasteiger partial charge in [-0.2, -0.15) is 13.2 Å². The molecule has 1 aromatic heterocycles. The second kappa shape index (κ2) is 5.01. The largest absolute Gasteiger partial charge is 0.405 e.